The third-order valence-corrected chi connectivity index (χ3v) is 1.82. The Hall–Kier alpha value is -2.07. The summed E-state index contributed by atoms with van der Waals surface area (Å²) in [6, 6.07) is 15.2. The first kappa shape index (κ1) is 14.0. The Bertz CT molecular complexity index is 433. The molecule has 1 aromatic heterocycles. The molecule has 0 saturated carbocycles. The maximum atomic E-state index is 7.60. The minimum absolute atomic E-state index is 0.157. The molecule has 1 aromatic carbocycles. The van der Waals surface area contributed by atoms with Gasteiger partial charge in [-0.3, -0.25) is 0 Å². The van der Waals surface area contributed by atoms with Gasteiger partial charge in [0.2, 0.25) is 5.88 Å². The van der Waals surface area contributed by atoms with Crippen LogP contribution in [-0.4, -0.2) is 15.4 Å². The summed E-state index contributed by atoms with van der Waals surface area (Å²) in [6.07, 6.45) is 1.71. The van der Waals surface area contributed by atoms with E-state index < -0.39 is 0 Å². The molecular weight excluding hydrogens is 252 g/mol. The van der Waals surface area contributed by atoms with Gasteiger partial charge in [0.15, 0.2) is 0 Å². The van der Waals surface area contributed by atoms with Crippen molar-refractivity contribution in [2.45, 2.75) is 6.92 Å². The van der Waals surface area contributed by atoms with Gasteiger partial charge in [-0.15, -0.1) is 0 Å². The Balaban J connectivity index is 0.000000280. The van der Waals surface area contributed by atoms with Gasteiger partial charge >= 0.3 is 0 Å². The van der Waals surface area contributed by atoms with Crippen LogP contribution in [0, 0.1) is 0 Å². The molecule has 0 aliphatic carbocycles. The number of hydrogen-bond acceptors (Lipinski definition) is 4. The summed E-state index contributed by atoms with van der Waals surface area (Å²) in [5, 5.41) is 10.3. The highest BCUT2D eigenvalue weighted by Gasteiger charge is 1.93. The number of pyridine rings is 1. The first-order valence-corrected chi connectivity index (χ1v) is 5.58. The van der Waals surface area contributed by atoms with Crippen LogP contribution in [0.1, 0.15) is 6.92 Å². The largest absolute Gasteiger partial charge is 0.439 e. The Morgan fingerprint density at radius 2 is 1.78 bits per heavy atom. The molecule has 0 fully saturated rings. The van der Waals surface area contributed by atoms with Crippen LogP contribution in [0.2, 0.25) is 0 Å². The number of aromatic nitrogens is 1. The van der Waals surface area contributed by atoms with E-state index in [-0.39, 0.29) is 5.17 Å². The Labute approximate surface area is 111 Å². The van der Waals surface area contributed by atoms with Crippen molar-refractivity contribution >= 4 is 16.8 Å². The van der Waals surface area contributed by atoms with Gasteiger partial charge < -0.3 is 9.94 Å². The molecule has 1 heterocycles. The predicted molar refractivity (Wildman–Crippen MR) is 71.5 cm³/mol. The Kier molecular flexibility index (Phi) is 6.28. The van der Waals surface area contributed by atoms with Gasteiger partial charge in [-0.2, -0.15) is 0 Å². The lowest BCUT2D eigenvalue weighted by Crippen LogP contribution is -1.85. The van der Waals surface area contributed by atoms with Crippen LogP contribution in [0.15, 0.2) is 59.9 Å². The molecule has 2 rings (SSSR count). The summed E-state index contributed by atoms with van der Waals surface area (Å²) in [5.74, 6) is 1.43. The van der Waals surface area contributed by atoms with Gasteiger partial charge in [-0.05, 0) is 25.1 Å². The molecule has 2 aromatic rings. The fourth-order valence-electron chi connectivity index (χ4n) is 1.02. The highest BCUT2D eigenvalue weighted by atomic mass is 35.5. The van der Waals surface area contributed by atoms with Crippen molar-refractivity contribution in [1.29, 1.82) is 0 Å². The lowest BCUT2D eigenvalue weighted by Gasteiger charge is -2.02. The molecule has 5 heteroatoms. The van der Waals surface area contributed by atoms with Gasteiger partial charge in [0, 0.05) is 12.3 Å². The lowest BCUT2D eigenvalue weighted by atomic mass is 10.3. The van der Waals surface area contributed by atoms with E-state index in [1.165, 1.54) is 6.92 Å². The van der Waals surface area contributed by atoms with Crippen LogP contribution in [0.5, 0.6) is 11.6 Å². The van der Waals surface area contributed by atoms with E-state index in [2.05, 4.69) is 10.1 Å². The molecular formula is C13H13ClN2O2. The first-order valence-electron chi connectivity index (χ1n) is 5.20. The zero-order chi connectivity index (χ0) is 13.2. The van der Waals surface area contributed by atoms with Gasteiger partial charge in [0.25, 0.3) is 0 Å². The van der Waals surface area contributed by atoms with Crippen molar-refractivity contribution in [2.75, 3.05) is 0 Å². The van der Waals surface area contributed by atoms with Crippen LogP contribution >= 0.6 is 11.6 Å². The van der Waals surface area contributed by atoms with Crippen LogP contribution in [0.25, 0.3) is 0 Å². The second-order valence-electron chi connectivity index (χ2n) is 3.18. The fourth-order valence-corrected chi connectivity index (χ4v) is 1.02. The van der Waals surface area contributed by atoms with Gasteiger partial charge in [0.05, 0.1) is 0 Å². The number of para-hydroxylation sites is 1. The highest BCUT2D eigenvalue weighted by Crippen LogP contribution is 2.17. The maximum absolute atomic E-state index is 7.60. The monoisotopic (exact) mass is 264 g/mol. The summed E-state index contributed by atoms with van der Waals surface area (Å²) in [5.41, 5.74) is 0. The molecule has 1 N–H and O–H groups in total. The molecule has 0 aliphatic heterocycles. The summed E-state index contributed by atoms with van der Waals surface area (Å²) >= 11 is 4.96. The second kappa shape index (κ2) is 8.08. The summed E-state index contributed by atoms with van der Waals surface area (Å²) < 4.78 is 5.47. The number of rotatable bonds is 2. The molecule has 0 radical (unpaired) electrons. The highest BCUT2D eigenvalue weighted by molar-refractivity contribution is 6.64. The minimum atomic E-state index is 0.157. The number of benzene rings is 1. The summed E-state index contributed by atoms with van der Waals surface area (Å²) in [4.78, 5) is 4.05. The lowest BCUT2D eigenvalue weighted by molar-refractivity contribution is 0.320. The zero-order valence-electron chi connectivity index (χ0n) is 9.82. The molecule has 0 amide bonds. The molecule has 0 atom stereocenters. The quantitative estimate of drug-likeness (QED) is 0.508. The number of oxime groups is 1. The van der Waals surface area contributed by atoms with Crippen molar-refractivity contribution < 1.29 is 9.94 Å². The van der Waals surface area contributed by atoms with E-state index in [4.69, 9.17) is 21.5 Å². The SMILES string of the molecule is CC(Cl)=NO.c1ccc(Oc2ccccn2)cc1. The maximum Gasteiger partial charge on any atom is 0.219 e. The smallest absolute Gasteiger partial charge is 0.219 e. The normalized spacial score (nSPS) is 10.2. The molecule has 0 aliphatic rings. The van der Waals surface area contributed by atoms with Crippen LogP contribution < -0.4 is 4.74 Å². The number of halogens is 1. The van der Waals surface area contributed by atoms with Crippen molar-refractivity contribution in [3.8, 4) is 11.6 Å². The second-order valence-corrected chi connectivity index (χ2v) is 3.73. The zero-order valence-corrected chi connectivity index (χ0v) is 10.6. The third kappa shape index (κ3) is 5.86. The van der Waals surface area contributed by atoms with E-state index in [9.17, 15) is 0 Å². The standard InChI is InChI=1S/C11H9NO.C2H4ClNO/c1-2-6-10(7-3-1)13-11-8-4-5-9-12-11;1-2(3)4-5/h1-9H;5H,1H3. The fraction of sp³-hybridized carbons (Fsp3) is 0.0769. The molecule has 4 nitrogen and oxygen atoms in total. The van der Waals surface area contributed by atoms with E-state index in [0.29, 0.717) is 5.88 Å². The molecule has 0 unspecified atom stereocenters. The third-order valence-electron chi connectivity index (χ3n) is 1.74. The summed E-state index contributed by atoms with van der Waals surface area (Å²) in [7, 11) is 0. The van der Waals surface area contributed by atoms with E-state index in [1.807, 2.05) is 48.5 Å². The summed E-state index contributed by atoms with van der Waals surface area (Å²) in [6.45, 7) is 1.49. The van der Waals surface area contributed by atoms with Crippen molar-refractivity contribution in [3.05, 3.63) is 54.7 Å². The molecule has 18 heavy (non-hydrogen) atoms. The average molecular weight is 265 g/mol. The number of hydrogen-bond donors (Lipinski definition) is 1. The van der Waals surface area contributed by atoms with Gasteiger partial charge in [0.1, 0.15) is 10.9 Å². The topological polar surface area (TPSA) is 54.7 Å². The number of nitrogens with zero attached hydrogens (tertiary/aromatic N) is 2. The van der Waals surface area contributed by atoms with Gasteiger partial charge in [-0.25, -0.2) is 4.98 Å². The van der Waals surface area contributed by atoms with E-state index >= 15 is 0 Å². The Morgan fingerprint density at radius 3 is 2.28 bits per heavy atom. The van der Waals surface area contributed by atoms with E-state index in [0.717, 1.165) is 5.75 Å². The average Bonchev–Trinajstić information content (AvgIpc) is 2.42. The van der Waals surface area contributed by atoms with E-state index in [1.54, 1.807) is 6.20 Å². The van der Waals surface area contributed by atoms with Crippen LogP contribution in [-0.2, 0) is 0 Å². The van der Waals surface area contributed by atoms with Gasteiger partial charge in [-0.1, -0.05) is 41.0 Å². The number of ether oxygens (including phenoxy) is 1. The van der Waals surface area contributed by atoms with Crippen molar-refractivity contribution in [3.63, 3.8) is 0 Å². The minimum Gasteiger partial charge on any atom is -0.439 e. The Morgan fingerprint density at radius 1 is 1.17 bits per heavy atom. The van der Waals surface area contributed by atoms with Crippen molar-refractivity contribution in [2.24, 2.45) is 5.16 Å². The van der Waals surface area contributed by atoms with Crippen LogP contribution in [0.4, 0.5) is 0 Å². The molecule has 0 bridgehead atoms. The molecule has 94 valence electrons. The van der Waals surface area contributed by atoms with Crippen LogP contribution in [0.3, 0.4) is 0 Å². The molecule has 0 spiro atoms. The predicted octanol–water partition coefficient (Wildman–Crippen LogP) is 3.91. The first-order chi connectivity index (χ1) is 8.72. The molecule has 0 saturated heterocycles. The van der Waals surface area contributed by atoms with Crippen molar-refractivity contribution in [1.82, 2.24) is 4.98 Å².